The van der Waals surface area contributed by atoms with Gasteiger partial charge < -0.3 is 15.5 Å². The fraction of sp³-hybridized carbons (Fsp3) is 0.538. The number of aryl methyl sites for hydroxylation is 2. The summed E-state index contributed by atoms with van der Waals surface area (Å²) >= 11 is 1.37. The number of aliphatic carboxylic acids is 1. The monoisotopic (exact) mass is 285 g/mol. The molecule has 1 heterocycles. The zero-order chi connectivity index (χ0) is 14.4. The number of aliphatic hydroxyl groups excluding tert-OH is 1. The maximum absolute atomic E-state index is 12.0. The Bertz CT molecular complexity index is 455. The van der Waals surface area contributed by atoms with Crippen LogP contribution in [0, 0.1) is 6.92 Å². The van der Waals surface area contributed by atoms with Crippen LogP contribution in [0.25, 0.3) is 0 Å². The van der Waals surface area contributed by atoms with Gasteiger partial charge in [0, 0.05) is 17.9 Å². The molecule has 0 fully saturated rings. The molecular formula is C13H19NO4S. The van der Waals surface area contributed by atoms with Crippen LogP contribution in [0.1, 0.15) is 39.9 Å². The van der Waals surface area contributed by atoms with Gasteiger partial charge in [-0.05, 0) is 25.0 Å². The van der Waals surface area contributed by atoms with E-state index in [4.69, 9.17) is 10.2 Å². The van der Waals surface area contributed by atoms with Crippen molar-refractivity contribution in [1.82, 2.24) is 5.32 Å². The van der Waals surface area contributed by atoms with Crippen molar-refractivity contribution in [3.63, 3.8) is 0 Å². The molecule has 0 saturated carbocycles. The lowest BCUT2D eigenvalue weighted by Gasteiger charge is -2.12. The van der Waals surface area contributed by atoms with Crippen molar-refractivity contribution in [2.45, 2.75) is 39.2 Å². The molecule has 0 aliphatic rings. The molecule has 1 atom stereocenters. The van der Waals surface area contributed by atoms with Crippen LogP contribution in [0.15, 0.2) is 6.07 Å². The molecule has 0 aromatic carbocycles. The van der Waals surface area contributed by atoms with Crippen LogP contribution in [-0.2, 0) is 11.2 Å². The van der Waals surface area contributed by atoms with Gasteiger partial charge in [-0.1, -0.05) is 13.3 Å². The third kappa shape index (κ3) is 4.33. The van der Waals surface area contributed by atoms with Crippen molar-refractivity contribution >= 4 is 23.2 Å². The Labute approximate surface area is 116 Å². The van der Waals surface area contributed by atoms with E-state index in [-0.39, 0.29) is 13.0 Å². The second kappa shape index (κ2) is 7.25. The largest absolute Gasteiger partial charge is 0.480 e. The van der Waals surface area contributed by atoms with Crippen molar-refractivity contribution in [2.75, 3.05) is 6.61 Å². The summed E-state index contributed by atoms with van der Waals surface area (Å²) in [6, 6.07) is 0.769. The first-order valence-electron chi connectivity index (χ1n) is 6.23. The minimum Gasteiger partial charge on any atom is -0.480 e. The van der Waals surface area contributed by atoms with Crippen molar-refractivity contribution in [3.8, 4) is 0 Å². The zero-order valence-electron chi connectivity index (χ0n) is 11.1. The molecule has 6 heteroatoms. The smallest absolute Gasteiger partial charge is 0.326 e. The molecule has 1 amide bonds. The molecule has 0 spiro atoms. The molecular weight excluding hydrogens is 266 g/mol. The van der Waals surface area contributed by atoms with Gasteiger partial charge in [0.05, 0.1) is 4.88 Å². The highest BCUT2D eigenvalue weighted by Gasteiger charge is 2.21. The van der Waals surface area contributed by atoms with E-state index in [9.17, 15) is 9.59 Å². The van der Waals surface area contributed by atoms with Crippen LogP contribution < -0.4 is 5.32 Å². The summed E-state index contributed by atoms with van der Waals surface area (Å²) in [5, 5.41) is 20.1. The van der Waals surface area contributed by atoms with Gasteiger partial charge in [0.1, 0.15) is 6.04 Å². The molecule has 0 unspecified atom stereocenters. The molecule has 0 aliphatic carbocycles. The van der Waals surface area contributed by atoms with E-state index in [0.29, 0.717) is 4.88 Å². The van der Waals surface area contributed by atoms with E-state index < -0.39 is 17.9 Å². The van der Waals surface area contributed by atoms with E-state index in [2.05, 4.69) is 12.2 Å². The molecule has 0 radical (unpaired) electrons. The molecule has 5 nitrogen and oxygen atoms in total. The fourth-order valence-electron chi connectivity index (χ4n) is 1.77. The molecule has 1 aromatic rings. The minimum atomic E-state index is -1.13. The number of carboxylic acid groups (broad SMARTS) is 1. The lowest BCUT2D eigenvalue weighted by molar-refractivity contribution is -0.139. The Balaban J connectivity index is 2.76. The zero-order valence-corrected chi connectivity index (χ0v) is 11.9. The number of nitrogens with one attached hydrogen (secondary N) is 1. The van der Waals surface area contributed by atoms with E-state index >= 15 is 0 Å². The summed E-state index contributed by atoms with van der Waals surface area (Å²) in [6.07, 6.45) is 1.92. The molecule has 106 valence electrons. The Kier molecular flexibility index (Phi) is 5.98. The average Bonchev–Trinajstić information content (AvgIpc) is 2.71. The first kappa shape index (κ1) is 15.7. The molecule has 19 heavy (non-hydrogen) atoms. The van der Waals surface area contributed by atoms with E-state index in [1.807, 2.05) is 13.0 Å². The third-order valence-corrected chi connectivity index (χ3v) is 3.88. The van der Waals surface area contributed by atoms with Crippen LogP contribution in [-0.4, -0.2) is 34.7 Å². The Morgan fingerprint density at radius 3 is 2.68 bits per heavy atom. The van der Waals surface area contributed by atoms with Gasteiger partial charge in [0.25, 0.3) is 5.91 Å². The first-order valence-corrected chi connectivity index (χ1v) is 7.05. The maximum atomic E-state index is 12.0. The number of hydrogen-bond donors (Lipinski definition) is 3. The SMILES string of the molecule is CCCc1cc(C(=O)N[C@@H](CCO)C(=O)O)sc1C. The fourth-order valence-corrected chi connectivity index (χ4v) is 2.74. The minimum absolute atomic E-state index is 0.00719. The molecule has 0 bridgehead atoms. The summed E-state index contributed by atoms with van der Waals surface area (Å²) in [5.41, 5.74) is 1.13. The van der Waals surface area contributed by atoms with Gasteiger partial charge in [-0.25, -0.2) is 4.79 Å². The normalized spacial score (nSPS) is 12.2. The van der Waals surface area contributed by atoms with Gasteiger partial charge in [-0.15, -0.1) is 11.3 Å². The van der Waals surface area contributed by atoms with Gasteiger partial charge in [-0.2, -0.15) is 0 Å². The number of amides is 1. The number of rotatable bonds is 7. The predicted octanol–water partition coefficient (Wildman–Crippen LogP) is 1.57. The van der Waals surface area contributed by atoms with Crippen molar-refractivity contribution in [2.24, 2.45) is 0 Å². The maximum Gasteiger partial charge on any atom is 0.326 e. The van der Waals surface area contributed by atoms with Gasteiger partial charge in [-0.3, -0.25) is 4.79 Å². The van der Waals surface area contributed by atoms with Crippen LogP contribution in [0.5, 0.6) is 0 Å². The van der Waals surface area contributed by atoms with Gasteiger partial charge in [0.15, 0.2) is 0 Å². The quantitative estimate of drug-likeness (QED) is 0.710. The lowest BCUT2D eigenvalue weighted by Crippen LogP contribution is -2.41. The second-order valence-corrected chi connectivity index (χ2v) is 5.57. The van der Waals surface area contributed by atoms with Crippen molar-refractivity contribution in [3.05, 3.63) is 21.4 Å². The van der Waals surface area contributed by atoms with Crippen LogP contribution in [0.4, 0.5) is 0 Å². The third-order valence-electron chi connectivity index (χ3n) is 2.78. The van der Waals surface area contributed by atoms with Gasteiger partial charge in [0.2, 0.25) is 0 Å². The number of aliphatic hydroxyl groups is 1. The van der Waals surface area contributed by atoms with Crippen LogP contribution >= 0.6 is 11.3 Å². The highest BCUT2D eigenvalue weighted by molar-refractivity contribution is 7.14. The Hall–Kier alpha value is -1.40. The molecule has 1 aromatic heterocycles. The molecule has 0 saturated heterocycles. The Morgan fingerprint density at radius 1 is 1.47 bits per heavy atom. The van der Waals surface area contributed by atoms with Crippen molar-refractivity contribution in [1.29, 1.82) is 0 Å². The number of carboxylic acids is 1. The topological polar surface area (TPSA) is 86.6 Å². The molecule has 0 aliphatic heterocycles. The van der Waals surface area contributed by atoms with Crippen molar-refractivity contribution < 1.29 is 19.8 Å². The molecule has 1 rings (SSSR count). The number of thiophene rings is 1. The van der Waals surface area contributed by atoms with E-state index in [1.165, 1.54) is 11.3 Å². The first-order chi connectivity index (χ1) is 8.99. The second-order valence-electron chi connectivity index (χ2n) is 4.32. The number of carbonyl (C=O) groups excluding carboxylic acids is 1. The summed E-state index contributed by atoms with van der Waals surface area (Å²) in [5.74, 6) is -1.53. The van der Waals surface area contributed by atoms with E-state index in [1.54, 1.807) is 0 Å². The molecule has 3 N–H and O–H groups in total. The van der Waals surface area contributed by atoms with E-state index in [0.717, 1.165) is 23.3 Å². The van der Waals surface area contributed by atoms with Crippen LogP contribution in [0.3, 0.4) is 0 Å². The summed E-state index contributed by atoms with van der Waals surface area (Å²) in [4.78, 5) is 24.5. The number of carbonyl (C=O) groups is 2. The average molecular weight is 285 g/mol. The highest BCUT2D eigenvalue weighted by atomic mass is 32.1. The van der Waals surface area contributed by atoms with Gasteiger partial charge >= 0.3 is 5.97 Å². The number of hydrogen-bond acceptors (Lipinski definition) is 4. The standard InChI is InChI=1S/C13H19NO4S/c1-3-4-9-7-11(19-8(9)2)12(16)14-10(5-6-15)13(17)18/h7,10,15H,3-6H2,1-2H3,(H,14,16)(H,17,18)/t10-/m0/s1. The lowest BCUT2D eigenvalue weighted by atomic mass is 10.1. The summed E-state index contributed by atoms with van der Waals surface area (Å²) in [7, 11) is 0. The van der Waals surface area contributed by atoms with Crippen LogP contribution in [0.2, 0.25) is 0 Å². The highest BCUT2D eigenvalue weighted by Crippen LogP contribution is 2.22. The summed E-state index contributed by atoms with van der Waals surface area (Å²) < 4.78 is 0. The Morgan fingerprint density at radius 2 is 2.16 bits per heavy atom. The predicted molar refractivity (Wildman–Crippen MR) is 73.6 cm³/mol. The summed E-state index contributed by atoms with van der Waals surface area (Å²) in [6.45, 7) is 3.75.